The molecule has 0 bridgehead atoms. The van der Waals surface area contributed by atoms with Gasteiger partial charge >= 0.3 is 6.18 Å². The van der Waals surface area contributed by atoms with Crippen LogP contribution in [0.4, 0.5) is 19.0 Å². The first kappa shape index (κ1) is 19.4. The molecule has 1 saturated carbocycles. The molecule has 0 aliphatic heterocycles. The summed E-state index contributed by atoms with van der Waals surface area (Å²) in [5, 5.41) is 0.569. The standard InChI is InChI=1S/C22H20F3N3O/c1-13-9-14(2)20-16(10-13)17(11-18(27-20)15-6-7-15)21(29)28(12-22(23,24)25)19-5-3-4-8-26-19/h3-5,8-11,15H,6-7,12H2,1-2H3. The van der Waals surface area contributed by atoms with E-state index in [1.807, 2.05) is 26.0 Å². The molecule has 0 radical (unpaired) electrons. The number of hydrogen-bond donors (Lipinski definition) is 0. The van der Waals surface area contributed by atoms with E-state index in [1.54, 1.807) is 18.2 Å². The van der Waals surface area contributed by atoms with Crippen molar-refractivity contribution in [3.63, 3.8) is 0 Å². The van der Waals surface area contributed by atoms with E-state index in [4.69, 9.17) is 4.98 Å². The predicted molar refractivity (Wildman–Crippen MR) is 105 cm³/mol. The summed E-state index contributed by atoms with van der Waals surface area (Å²) in [6.45, 7) is 2.39. The number of carbonyl (C=O) groups excluding carboxylic acids is 1. The molecule has 0 N–H and O–H groups in total. The molecule has 1 amide bonds. The van der Waals surface area contributed by atoms with Crippen molar-refractivity contribution in [3.05, 3.63) is 65.0 Å². The largest absolute Gasteiger partial charge is 0.406 e. The molecule has 1 aliphatic rings. The number of hydrogen-bond acceptors (Lipinski definition) is 3. The SMILES string of the molecule is Cc1cc(C)c2nc(C3CC3)cc(C(=O)N(CC(F)(F)F)c3ccccn3)c2c1. The summed E-state index contributed by atoms with van der Waals surface area (Å²) < 4.78 is 39.9. The first-order chi connectivity index (χ1) is 13.7. The van der Waals surface area contributed by atoms with Gasteiger partial charge in [0.2, 0.25) is 0 Å². The number of alkyl halides is 3. The lowest BCUT2D eigenvalue weighted by atomic mass is 9.99. The van der Waals surface area contributed by atoms with Crippen LogP contribution in [-0.4, -0.2) is 28.6 Å². The second-order valence-electron chi connectivity index (χ2n) is 7.54. The normalized spacial score (nSPS) is 14.2. The van der Waals surface area contributed by atoms with E-state index in [9.17, 15) is 18.0 Å². The number of anilines is 1. The Morgan fingerprint density at radius 1 is 1.17 bits per heavy atom. The molecule has 0 saturated heterocycles. The van der Waals surface area contributed by atoms with Gasteiger partial charge in [-0.1, -0.05) is 17.7 Å². The second kappa shape index (κ2) is 7.13. The molecule has 2 aromatic heterocycles. The van der Waals surface area contributed by atoms with E-state index in [2.05, 4.69) is 4.98 Å². The lowest BCUT2D eigenvalue weighted by molar-refractivity contribution is -0.118. The Balaban J connectivity index is 1.89. The van der Waals surface area contributed by atoms with Gasteiger partial charge in [-0.3, -0.25) is 14.7 Å². The zero-order chi connectivity index (χ0) is 20.8. The molecule has 29 heavy (non-hydrogen) atoms. The fraction of sp³-hybridized carbons (Fsp3) is 0.318. The highest BCUT2D eigenvalue weighted by Crippen LogP contribution is 2.41. The fourth-order valence-electron chi connectivity index (χ4n) is 3.56. The third-order valence-corrected chi connectivity index (χ3v) is 5.00. The van der Waals surface area contributed by atoms with Gasteiger partial charge in [0.05, 0.1) is 11.1 Å². The van der Waals surface area contributed by atoms with Crippen LogP contribution < -0.4 is 4.90 Å². The zero-order valence-corrected chi connectivity index (χ0v) is 16.1. The van der Waals surface area contributed by atoms with Crippen molar-refractivity contribution in [2.24, 2.45) is 0 Å². The maximum atomic E-state index is 13.4. The Hall–Kier alpha value is -2.96. The van der Waals surface area contributed by atoms with Crippen molar-refractivity contribution in [1.29, 1.82) is 0 Å². The van der Waals surface area contributed by atoms with Gasteiger partial charge in [0, 0.05) is 23.2 Å². The number of halogens is 3. The maximum absolute atomic E-state index is 13.4. The number of rotatable bonds is 4. The summed E-state index contributed by atoms with van der Waals surface area (Å²) in [7, 11) is 0. The summed E-state index contributed by atoms with van der Waals surface area (Å²) >= 11 is 0. The number of aromatic nitrogens is 2. The van der Waals surface area contributed by atoms with Crippen LogP contribution in [0.3, 0.4) is 0 Å². The highest BCUT2D eigenvalue weighted by Gasteiger charge is 2.36. The average molecular weight is 399 g/mol. The number of amides is 1. The maximum Gasteiger partial charge on any atom is 0.406 e. The van der Waals surface area contributed by atoms with Crippen molar-refractivity contribution in [3.8, 4) is 0 Å². The number of fused-ring (bicyclic) bond motifs is 1. The van der Waals surface area contributed by atoms with Crippen LogP contribution in [0.15, 0.2) is 42.6 Å². The summed E-state index contributed by atoms with van der Waals surface area (Å²) in [6, 6.07) is 10.0. The number of pyridine rings is 2. The quantitative estimate of drug-likeness (QED) is 0.595. The van der Waals surface area contributed by atoms with Gasteiger partial charge in [-0.15, -0.1) is 0 Å². The number of aryl methyl sites for hydroxylation is 2. The van der Waals surface area contributed by atoms with Crippen LogP contribution in [0.1, 0.15) is 45.9 Å². The molecule has 4 nitrogen and oxygen atoms in total. The molecular weight excluding hydrogens is 379 g/mol. The summed E-state index contributed by atoms with van der Waals surface area (Å²) in [4.78, 5) is 22.8. The van der Waals surface area contributed by atoms with Crippen molar-refractivity contribution < 1.29 is 18.0 Å². The van der Waals surface area contributed by atoms with Gasteiger partial charge in [0.25, 0.3) is 5.91 Å². The first-order valence-corrected chi connectivity index (χ1v) is 9.44. The minimum absolute atomic E-state index is 0.0304. The Bertz CT molecular complexity index is 1080. The van der Waals surface area contributed by atoms with Crippen molar-refractivity contribution in [1.82, 2.24) is 9.97 Å². The highest BCUT2D eigenvalue weighted by molar-refractivity contribution is 6.13. The molecule has 0 atom stereocenters. The van der Waals surface area contributed by atoms with Crippen LogP contribution in [0, 0.1) is 13.8 Å². The van der Waals surface area contributed by atoms with Crippen LogP contribution in [0.5, 0.6) is 0 Å². The zero-order valence-electron chi connectivity index (χ0n) is 16.1. The average Bonchev–Trinajstić information content (AvgIpc) is 3.50. The third kappa shape index (κ3) is 4.09. The van der Waals surface area contributed by atoms with Gasteiger partial charge in [-0.25, -0.2) is 4.98 Å². The third-order valence-electron chi connectivity index (χ3n) is 5.00. The van der Waals surface area contributed by atoms with E-state index in [-0.39, 0.29) is 17.3 Å². The lowest BCUT2D eigenvalue weighted by Gasteiger charge is -2.24. The molecule has 150 valence electrons. The monoisotopic (exact) mass is 399 g/mol. The van der Waals surface area contributed by atoms with Gasteiger partial charge in [0.1, 0.15) is 12.4 Å². The predicted octanol–water partition coefficient (Wildman–Crippen LogP) is 5.33. The van der Waals surface area contributed by atoms with E-state index in [0.29, 0.717) is 15.8 Å². The van der Waals surface area contributed by atoms with E-state index < -0.39 is 18.6 Å². The number of carbonyl (C=O) groups is 1. The van der Waals surface area contributed by atoms with Gasteiger partial charge in [-0.05, 0) is 56.5 Å². The first-order valence-electron chi connectivity index (χ1n) is 9.44. The minimum Gasteiger partial charge on any atom is -0.283 e. The number of benzene rings is 1. The molecule has 0 unspecified atom stereocenters. The smallest absolute Gasteiger partial charge is 0.283 e. The van der Waals surface area contributed by atoms with E-state index in [0.717, 1.165) is 29.7 Å². The molecule has 1 aromatic carbocycles. The van der Waals surface area contributed by atoms with Crippen LogP contribution >= 0.6 is 0 Å². The molecule has 2 heterocycles. The van der Waals surface area contributed by atoms with Crippen LogP contribution in [-0.2, 0) is 0 Å². The summed E-state index contributed by atoms with van der Waals surface area (Å²) in [6.07, 6.45) is -1.23. The molecule has 0 spiro atoms. The van der Waals surface area contributed by atoms with E-state index >= 15 is 0 Å². The van der Waals surface area contributed by atoms with Crippen LogP contribution in [0.2, 0.25) is 0 Å². The summed E-state index contributed by atoms with van der Waals surface area (Å²) in [5.74, 6) is -0.491. The Morgan fingerprint density at radius 2 is 1.93 bits per heavy atom. The van der Waals surface area contributed by atoms with E-state index in [1.165, 1.54) is 12.3 Å². The fourth-order valence-corrected chi connectivity index (χ4v) is 3.56. The molecule has 7 heteroatoms. The Morgan fingerprint density at radius 3 is 2.55 bits per heavy atom. The molecule has 3 aromatic rings. The molecule has 1 fully saturated rings. The Kier molecular flexibility index (Phi) is 4.76. The lowest BCUT2D eigenvalue weighted by Crippen LogP contribution is -2.39. The highest BCUT2D eigenvalue weighted by atomic mass is 19.4. The molecular formula is C22H20F3N3O. The van der Waals surface area contributed by atoms with Gasteiger partial charge in [-0.2, -0.15) is 13.2 Å². The molecule has 4 rings (SSSR count). The minimum atomic E-state index is -4.55. The Labute approximate surface area is 166 Å². The topological polar surface area (TPSA) is 46.1 Å². The van der Waals surface area contributed by atoms with Crippen LogP contribution in [0.25, 0.3) is 10.9 Å². The van der Waals surface area contributed by atoms with Crippen molar-refractivity contribution in [2.45, 2.75) is 38.8 Å². The molecule has 1 aliphatic carbocycles. The van der Waals surface area contributed by atoms with Crippen molar-refractivity contribution >= 4 is 22.6 Å². The number of nitrogens with zero attached hydrogens (tertiary/aromatic N) is 3. The second-order valence-corrected chi connectivity index (χ2v) is 7.54. The van der Waals surface area contributed by atoms with Gasteiger partial charge < -0.3 is 0 Å². The van der Waals surface area contributed by atoms with Gasteiger partial charge in [0.15, 0.2) is 0 Å². The summed E-state index contributed by atoms with van der Waals surface area (Å²) in [5.41, 5.74) is 3.48. The van der Waals surface area contributed by atoms with Crippen molar-refractivity contribution in [2.75, 3.05) is 11.4 Å².